The van der Waals surface area contributed by atoms with Crippen LogP contribution in [-0.2, 0) is 9.53 Å². The maximum absolute atomic E-state index is 14.4. The minimum absolute atomic E-state index is 0.107. The zero-order chi connectivity index (χ0) is 33.1. The van der Waals surface area contributed by atoms with Crippen LogP contribution in [0.4, 0.5) is 5.69 Å². The van der Waals surface area contributed by atoms with E-state index >= 15 is 0 Å². The summed E-state index contributed by atoms with van der Waals surface area (Å²) in [7, 11) is 1.51. The van der Waals surface area contributed by atoms with Crippen LogP contribution in [-0.4, -0.2) is 39.1 Å². The fraction of sp³-hybridized carbons (Fsp3) is 0.121. The zero-order valence-electron chi connectivity index (χ0n) is 24.8. The van der Waals surface area contributed by atoms with E-state index in [-0.39, 0.29) is 22.4 Å². The minimum Gasteiger partial charge on any atom is -0.496 e. The van der Waals surface area contributed by atoms with Crippen LogP contribution < -0.4 is 19.6 Å². The molecule has 1 atom stereocenters. The average Bonchev–Trinajstić information content (AvgIpc) is 3.39. The number of carbonyl (C=O) groups is 1. The number of hydrogen-bond acceptors (Lipinski definition) is 11. The summed E-state index contributed by atoms with van der Waals surface area (Å²) in [6.07, 6.45) is 4.79. The lowest BCUT2D eigenvalue weighted by Crippen LogP contribution is -2.40. The summed E-state index contributed by atoms with van der Waals surface area (Å²) in [6, 6.07) is 19.6. The van der Waals surface area contributed by atoms with Gasteiger partial charge in [0.1, 0.15) is 11.8 Å². The highest BCUT2D eigenvalue weighted by molar-refractivity contribution is 9.10. The number of thiazole rings is 1. The van der Waals surface area contributed by atoms with Crippen molar-refractivity contribution in [2.24, 2.45) is 4.99 Å². The number of nitro groups is 1. The molecular formula is C33H24BrN5O6S2. The van der Waals surface area contributed by atoms with Crippen molar-refractivity contribution in [1.29, 1.82) is 0 Å². The molecule has 0 radical (unpaired) electrons. The Balaban J connectivity index is 1.65. The van der Waals surface area contributed by atoms with E-state index in [4.69, 9.17) is 14.5 Å². The molecule has 5 aromatic rings. The summed E-state index contributed by atoms with van der Waals surface area (Å²) in [6.45, 7) is 1.81. The summed E-state index contributed by atoms with van der Waals surface area (Å²) in [5.41, 5.74) is 1.55. The standard InChI is InChI=1S/C33H24BrN5O6S2/c1-3-45-31(41)27-28(19-8-5-4-6-9-19)37-33-38(29(27)23-18-21(34)10-12-24(23)44-2)30(40)26(47-33)17-20-16-22(39(42)43)11-13-25(20)46-32-35-14-7-15-36-32/h4-18,29H,3H2,1-2H3/b26-17-/t29-/m1/s1. The summed E-state index contributed by atoms with van der Waals surface area (Å²) in [4.78, 5) is 53.8. The summed E-state index contributed by atoms with van der Waals surface area (Å²) >= 11 is 5.85. The van der Waals surface area contributed by atoms with Crippen molar-refractivity contribution in [3.63, 3.8) is 0 Å². The first-order valence-electron chi connectivity index (χ1n) is 14.1. The van der Waals surface area contributed by atoms with Gasteiger partial charge in [0.05, 0.1) is 34.4 Å². The van der Waals surface area contributed by atoms with Crippen LogP contribution in [0.1, 0.15) is 29.7 Å². The highest BCUT2D eigenvalue weighted by Crippen LogP contribution is 2.40. The van der Waals surface area contributed by atoms with E-state index in [1.807, 2.05) is 30.3 Å². The molecule has 11 nitrogen and oxygen atoms in total. The Morgan fingerprint density at radius 3 is 2.57 bits per heavy atom. The number of nitro benzene ring substituents is 1. The fourth-order valence-corrected chi connectivity index (χ4v) is 7.25. The highest BCUT2D eigenvalue weighted by Gasteiger charge is 2.37. The van der Waals surface area contributed by atoms with E-state index in [9.17, 15) is 19.7 Å². The number of benzene rings is 3. The van der Waals surface area contributed by atoms with E-state index < -0.39 is 22.5 Å². The normalized spacial score (nSPS) is 14.4. The van der Waals surface area contributed by atoms with Crippen molar-refractivity contribution < 1.29 is 19.2 Å². The Morgan fingerprint density at radius 2 is 1.87 bits per heavy atom. The van der Waals surface area contributed by atoms with E-state index in [0.29, 0.717) is 47.5 Å². The van der Waals surface area contributed by atoms with Crippen LogP contribution in [0.15, 0.2) is 115 Å². The summed E-state index contributed by atoms with van der Waals surface area (Å²) in [5.74, 6) is -0.180. The molecule has 6 rings (SSSR count). The third-order valence-corrected chi connectivity index (χ3v) is 9.56. The van der Waals surface area contributed by atoms with Gasteiger partial charge in [-0.25, -0.2) is 19.8 Å². The van der Waals surface area contributed by atoms with E-state index in [1.54, 1.807) is 55.7 Å². The zero-order valence-corrected chi connectivity index (χ0v) is 28.0. The molecule has 1 aliphatic heterocycles. The van der Waals surface area contributed by atoms with E-state index in [0.717, 1.165) is 11.3 Å². The lowest BCUT2D eigenvalue weighted by molar-refractivity contribution is -0.384. The topological polar surface area (TPSA) is 139 Å². The number of fused-ring (bicyclic) bond motifs is 1. The SMILES string of the molecule is CCOC(=O)C1=C(c2ccccc2)N=c2s/c(=C\c3cc([N+](=O)[O-])ccc3Sc3ncccn3)c(=O)n2[C@@H]1c1cc(Br)ccc1OC. The average molecular weight is 731 g/mol. The first-order chi connectivity index (χ1) is 22.8. The number of rotatable bonds is 9. The second-order valence-electron chi connectivity index (χ2n) is 9.93. The molecule has 236 valence electrons. The maximum Gasteiger partial charge on any atom is 0.338 e. The van der Waals surface area contributed by atoms with Gasteiger partial charge < -0.3 is 9.47 Å². The third kappa shape index (κ3) is 6.52. The van der Waals surface area contributed by atoms with Crippen molar-refractivity contribution in [3.8, 4) is 5.75 Å². The Kier molecular flexibility index (Phi) is 9.43. The maximum atomic E-state index is 14.4. The van der Waals surface area contributed by atoms with Gasteiger partial charge in [0.15, 0.2) is 9.96 Å². The Hall–Kier alpha value is -4.92. The van der Waals surface area contributed by atoms with Crippen molar-refractivity contribution >= 4 is 62.5 Å². The van der Waals surface area contributed by atoms with Crippen molar-refractivity contribution in [1.82, 2.24) is 14.5 Å². The smallest absolute Gasteiger partial charge is 0.338 e. The molecule has 3 heterocycles. The highest BCUT2D eigenvalue weighted by atomic mass is 79.9. The number of esters is 1. The number of aromatic nitrogens is 3. The molecule has 0 bridgehead atoms. The predicted molar refractivity (Wildman–Crippen MR) is 181 cm³/mol. The predicted octanol–water partition coefficient (Wildman–Crippen LogP) is 5.56. The lowest BCUT2D eigenvalue weighted by Gasteiger charge is -2.27. The van der Waals surface area contributed by atoms with Crippen LogP contribution in [0.2, 0.25) is 0 Å². The Labute approximate surface area is 284 Å². The van der Waals surface area contributed by atoms with Gasteiger partial charge in [-0.3, -0.25) is 19.5 Å². The minimum atomic E-state index is -0.980. The fourth-order valence-electron chi connectivity index (χ4n) is 5.09. The molecule has 0 spiro atoms. The van der Waals surface area contributed by atoms with Crippen LogP contribution in [0.25, 0.3) is 11.8 Å². The third-order valence-electron chi connectivity index (χ3n) is 7.09. The molecule has 0 saturated heterocycles. The molecule has 0 aliphatic carbocycles. The first kappa shape index (κ1) is 32.0. The number of non-ortho nitro benzene ring substituents is 1. The summed E-state index contributed by atoms with van der Waals surface area (Å²) < 4.78 is 13.7. The molecule has 0 amide bonds. The van der Waals surface area contributed by atoms with Gasteiger partial charge >= 0.3 is 5.97 Å². The van der Waals surface area contributed by atoms with Gasteiger partial charge in [-0.1, -0.05) is 57.6 Å². The van der Waals surface area contributed by atoms with Crippen molar-refractivity contribution in [3.05, 3.63) is 142 Å². The molecule has 47 heavy (non-hydrogen) atoms. The van der Waals surface area contributed by atoms with Gasteiger partial charge in [0.25, 0.3) is 11.2 Å². The van der Waals surface area contributed by atoms with E-state index in [1.165, 1.54) is 35.6 Å². The van der Waals surface area contributed by atoms with Crippen molar-refractivity contribution in [2.75, 3.05) is 13.7 Å². The number of hydrogen-bond donors (Lipinski definition) is 0. The monoisotopic (exact) mass is 729 g/mol. The van der Waals surface area contributed by atoms with Crippen LogP contribution in [0.3, 0.4) is 0 Å². The molecule has 0 N–H and O–H groups in total. The van der Waals surface area contributed by atoms with Crippen LogP contribution in [0.5, 0.6) is 5.75 Å². The number of nitrogens with zero attached hydrogens (tertiary/aromatic N) is 5. The number of halogens is 1. The quantitative estimate of drug-likeness (QED) is 0.0827. The van der Waals surface area contributed by atoms with Gasteiger partial charge in [0, 0.05) is 45.0 Å². The lowest BCUT2D eigenvalue weighted by atomic mass is 9.92. The molecule has 0 fully saturated rings. The number of ether oxygens (including phenoxy) is 2. The molecule has 3 aromatic carbocycles. The molecular weight excluding hydrogens is 706 g/mol. The summed E-state index contributed by atoms with van der Waals surface area (Å²) in [5, 5.41) is 12.2. The van der Waals surface area contributed by atoms with Gasteiger partial charge in [-0.05, 0) is 60.7 Å². The van der Waals surface area contributed by atoms with Crippen molar-refractivity contribution in [2.45, 2.75) is 23.0 Å². The van der Waals surface area contributed by atoms with Crippen LogP contribution in [0, 0.1) is 10.1 Å². The van der Waals surface area contributed by atoms with E-state index in [2.05, 4.69) is 25.9 Å². The number of carbonyl (C=O) groups excluding carboxylic acids is 1. The molecule has 0 saturated carbocycles. The van der Waals surface area contributed by atoms with Crippen LogP contribution >= 0.6 is 39.0 Å². The van der Waals surface area contributed by atoms with Gasteiger partial charge in [-0.2, -0.15) is 0 Å². The first-order valence-corrected chi connectivity index (χ1v) is 16.6. The Bertz CT molecular complexity index is 2220. The largest absolute Gasteiger partial charge is 0.496 e. The molecule has 2 aromatic heterocycles. The van der Waals surface area contributed by atoms with Gasteiger partial charge in [-0.15, -0.1) is 0 Å². The molecule has 14 heteroatoms. The number of methoxy groups -OCH3 is 1. The molecule has 1 aliphatic rings. The second-order valence-corrected chi connectivity index (χ2v) is 12.9. The van der Waals surface area contributed by atoms with Gasteiger partial charge in [0.2, 0.25) is 0 Å². The molecule has 0 unspecified atom stereocenters. The Morgan fingerprint density at radius 1 is 1.11 bits per heavy atom. The second kappa shape index (κ2) is 13.8.